The van der Waals surface area contributed by atoms with E-state index in [0.717, 1.165) is 56.5 Å². The molecule has 0 bridgehead atoms. The van der Waals surface area contributed by atoms with Crippen LogP contribution in [-0.4, -0.2) is 0 Å². The molecular weight excluding hydrogens is 715 g/mol. The molecule has 0 aliphatic carbocycles. The lowest BCUT2D eigenvalue weighted by atomic mass is 9.91. The maximum absolute atomic E-state index is 6.89. The highest BCUT2D eigenvalue weighted by Gasteiger charge is 2.18. The van der Waals surface area contributed by atoms with E-state index in [-0.39, 0.29) is 0 Å². The van der Waals surface area contributed by atoms with E-state index in [9.17, 15) is 0 Å². The van der Waals surface area contributed by atoms with Crippen molar-refractivity contribution in [3.05, 3.63) is 247 Å². The molecule has 0 aliphatic heterocycles. The average molecular weight is 756 g/mol. The van der Waals surface area contributed by atoms with Crippen molar-refractivity contribution >= 4 is 50.6 Å². The van der Waals surface area contributed by atoms with Crippen molar-refractivity contribution in [1.29, 1.82) is 0 Å². The summed E-state index contributed by atoms with van der Waals surface area (Å²) < 4.78 is 6.89. The van der Waals surface area contributed by atoms with E-state index in [1.54, 1.807) is 0 Å². The van der Waals surface area contributed by atoms with E-state index in [0.29, 0.717) is 0 Å². The van der Waals surface area contributed by atoms with Gasteiger partial charge in [0.2, 0.25) is 0 Å². The average Bonchev–Trinajstić information content (AvgIpc) is 3.69. The van der Waals surface area contributed by atoms with Crippen molar-refractivity contribution < 1.29 is 4.42 Å². The number of benzene rings is 9. The van der Waals surface area contributed by atoms with Gasteiger partial charge in [-0.15, -0.1) is 0 Å². The molecule has 0 unspecified atom stereocenters. The van der Waals surface area contributed by atoms with Crippen LogP contribution >= 0.6 is 0 Å². The molecule has 2 nitrogen and oxygen atoms in total. The summed E-state index contributed by atoms with van der Waals surface area (Å²) in [5, 5.41) is 2.17. The van der Waals surface area contributed by atoms with E-state index in [1.807, 2.05) is 0 Å². The fourth-order valence-corrected chi connectivity index (χ4v) is 8.20. The van der Waals surface area contributed by atoms with Crippen molar-refractivity contribution in [3.8, 4) is 33.4 Å². The van der Waals surface area contributed by atoms with Gasteiger partial charge in [-0.1, -0.05) is 176 Å². The summed E-state index contributed by atoms with van der Waals surface area (Å²) in [4.78, 5) is 2.30. The lowest BCUT2D eigenvalue weighted by molar-refractivity contribution is 0.667. The van der Waals surface area contributed by atoms with Crippen LogP contribution in [0.2, 0.25) is 0 Å². The Hall–Kier alpha value is -7.68. The Morgan fingerprint density at radius 2 is 0.898 bits per heavy atom. The van der Waals surface area contributed by atoms with Crippen molar-refractivity contribution in [3.63, 3.8) is 0 Å². The van der Waals surface area contributed by atoms with Gasteiger partial charge in [-0.3, -0.25) is 0 Å². The van der Waals surface area contributed by atoms with Crippen LogP contribution in [0.3, 0.4) is 0 Å². The fraction of sp³-hybridized carbons (Fsp3) is 0.0175. The Bertz CT molecular complexity index is 2930. The van der Waals surface area contributed by atoms with Gasteiger partial charge in [0.05, 0.1) is 0 Å². The second-order valence-electron chi connectivity index (χ2n) is 15.0. The van der Waals surface area contributed by atoms with Gasteiger partial charge in [0.1, 0.15) is 11.2 Å². The Morgan fingerprint density at radius 1 is 0.390 bits per heavy atom. The number of anilines is 3. The van der Waals surface area contributed by atoms with E-state index in [2.05, 4.69) is 241 Å². The zero-order valence-electron chi connectivity index (χ0n) is 32.6. The molecule has 0 amide bonds. The van der Waals surface area contributed by atoms with E-state index >= 15 is 0 Å². The standard InChI is InChI=1S/C57H41NO/c1-6-17-43(18-7-1)46-31-29-41(30-32-46)35-49(38-42-36-47(44-19-8-2-9-20-44)39-48(37-42)45-21-10-3-11-22-45)53-27-16-28-54-55-40-52(33-34-56(55)59-57(53)54)58(50-23-12-4-13-24-50)51-25-14-5-15-26-51/h1-34,36-40H,35H2/b49-38-. The first kappa shape index (κ1) is 35.7. The summed E-state index contributed by atoms with van der Waals surface area (Å²) in [5.74, 6) is 0. The molecule has 0 saturated heterocycles. The third-order valence-corrected chi connectivity index (χ3v) is 11.1. The van der Waals surface area contributed by atoms with Gasteiger partial charge in [0.15, 0.2) is 0 Å². The molecule has 0 saturated carbocycles. The second-order valence-corrected chi connectivity index (χ2v) is 15.0. The van der Waals surface area contributed by atoms with Crippen LogP contribution in [0, 0.1) is 0 Å². The molecule has 0 atom stereocenters. The van der Waals surface area contributed by atoms with Crippen molar-refractivity contribution in [2.24, 2.45) is 0 Å². The minimum atomic E-state index is 0.725. The lowest BCUT2D eigenvalue weighted by Gasteiger charge is -2.25. The van der Waals surface area contributed by atoms with Gasteiger partial charge in [0.25, 0.3) is 0 Å². The Labute approximate surface area is 345 Å². The first-order valence-electron chi connectivity index (χ1n) is 20.2. The topological polar surface area (TPSA) is 16.4 Å². The fourth-order valence-electron chi connectivity index (χ4n) is 8.20. The van der Waals surface area contributed by atoms with Gasteiger partial charge in [-0.05, 0) is 117 Å². The SMILES string of the molecule is C(=C(\Cc1ccc(-c2ccccc2)cc1)c1cccc2c1oc1ccc(N(c3ccccc3)c3ccccc3)cc12)/c1cc(-c2ccccc2)cc(-c2ccccc2)c1. The normalized spacial score (nSPS) is 11.6. The molecule has 280 valence electrons. The predicted molar refractivity (Wildman–Crippen MR) is 249 cm³/mol. The molecule has 9 aromatic carbocycles. The zero-order valence-corrected chi connectivity index (χ0v) is 32.6. The molecule has 0 radical (unpaired) electrons. The van der Waals surface area contributed by atoms with Crippen LogP contribution in [0.15, 0.2) is 235 Å². The minimum absolute atomic E-state index is 0.725. The Kier molecular flexibility index (Phi) is 9.72. The van der Waals surface area contributed by atoms with Crippen LogP contribution < -0.4 is 4.90 Å². The molecule has 59 heavy (non-hydrogen) atoms. The number of fused-ring (bicyclic) bond motifs is 3. The number of allylic oxidation sites excluding steroid dienone is 1. The van der Waals surface area contributed by atoms with E-state index in [4.69, 9.17) is 4.42 Å². The maximum Gasteiger partial charge on any atom is 0.142 e. The Balaban J connectivity index is 1.13. The smallest absolute Gasteiger partial charge is 0.142 e. The Morgan fingerprint density at radius 3 is 1.46 bits per heavy atom. The molecule has 0 spiro atoms. The number of nitrogens with zero attached hydrogens (tertiary/aromatic N) is 1. The van der Waals surface area contributed by atoms with Crippen LogP contribution in [0.4, 0.5) is 17.1 Å². The summed E-state index contributed by atoms with van der Waals surface area (Å²) in [6.45, 7) is 0. The summed E-state index contributed by atoms with van der Waals surface area (Å²) >= 11 is 0. The summed E-state index contributed by atoms with van der Waals surface area (Å²) in [6.07, 6.45) is 3.09. The minimum Gasteiger partial charge on any atom is -0.455 e. The molecule has 1 heterocycles. The highest BCUT2D eigenvalue weighted by Crippen LogP contribution is 2.41. The lowest BCUT2D eigenvalue weighted by Crippen LogP contribution is -2.09. The first-order chi connectivity index (χ1) is 29.2. The monoisotopic (exact) mass is 755 g/mol. The molecule has 10 rings (SSSR count). The van der Waals surface area contributed by atoms with Crippen LogP contribution in [0.1, 0.15) is 16.7 Å². The third kappa shape index (κ3) is 7.48. The van der Waals surface area contributed by atoms with Crippen LogP contribution in [0.25, 0.3) is 67.0 Å². The molecule has 2 heteroatoms. The first-order valence-corrected chi connectivity index (χ1v) is 20.2. The van der Waals surface area contributed by atoms with E-state index < -0.39 is 0 Å². The van der Waals surface area contributed by atoms with Crippen molar-refractivity contribution in [2.75, 3.05) is 4.90 Å². The maximum atomic E-state index is 6.89. The van der Waals surface area contributed by atoms with Gasteiger partial charge in [-0.2, -0.15) is 0 Å². The number of rotatable bonds is 10. The second kappa shape index (κ2) is 16.1. The molecule has 0 fully saturated rings. The number of furan rings is 1. The van der Waals surface area contributed by atoms with E-state index in [1.165, 1.54) is 44.5 Å². The molecule has 10 aromatic rings. The third-order valence-electron chi connectivity index (χ3n) is 11.1. The summed E-state index contributed by atoms with van der Waals surface area (Å²) in [6, 6.07) is 82.1. The largest absolute Gasteiger partial charge is 0.455 e. The highest BCUT2D eigenvalue weighted by atomic mass is 16.3. The summed E-state index contributed by atoms with van der Waals surface area (Å²) in [5.41, 5.74) is 16.8. The number of para-hydroxylation sites is 3. The van der Waals surface area contributed by atoms with Gasteiger partial charge >= 0.3 is 0 Å². The van der Waals surface area contributed by atoms with Gasteiger partial charge in [0, 0.05) is 33.4 Å². The molecule has 1 aromatic heterocycles. The summed E-state index contributed by atoms with van der Waals surface area (Å²) in [7, 11) is 0. The van der Waals surface area contributed by atoms with Gasteiger partial charge < -0.3 is 9.32 Å². The van der Waals surface area contributed by atoms with Crippen LogP contribution in [0.5, 0.6) is 0 Å². The van der Waals surface area contributed by atoms with Crippen molar-refractivity contribution in [1.82, 2.24) is 0 Å². The van der Waals surface area contributed by atoms with Crippen LogP contribution in [-0.2, 0) is 6.42 Å². The van der Waals surface area contributed by atoms with Crippen molar-refractivity contribution in [2.45, 2.75) is 6.42 Å². The highest BCUT2D eigenvalue weighted by molar-refractivity contribution is 6.10. The number of hydrogen-bond donors (Lipinski definition) is 0. The predicted octanol–water partition coefficient (Wildman–Crippen LogP) is 15.8. The quantitative estimate of drug-likeness (QED) is 0.129. The molecule has 0 N–H and O–H groups in total. The van der Waals surface area contributed by atoms with Gasteiger partial charge in [-0.25, -0.2) is 0 Å². The number of hydrogen-bond acceptors (Lipinski definition) is 2. The molecule has 0 aliphatic rings. The molecular formula is C57H41NO. The zero-order chi connectivity index (χ0) is 39.4.